The molecule has 1 atom stereocenters. The molecule has 0 heterocycles. The summed E-state index contributed by atoms with van der Waals surface area (Å²) in [5.41, 5.74) is 1.95. The van der Waals surface area contributed by atoms with Gasteiger partial charge in [0, 0.05) is 20.7 Å². The molecule has 0 amide bonds. The number of aryl methyl sites for hydroxylation is 1. The van der Waals surface area contributed by atoms with Crippen LogP contribution in [-0.2, 0) is 17.4 Å². The first-order valence-corrected chi connectivity index (χ1v) is 11.0. The summed E-state index contributed by atoms with van der Waals surface area (Å²) >= 11 is 4.83. The lowest BCUT2D eigenvalue weighted by Crippen LogP contribution is -2.29. The summed E-state index contributed by atoms with van der Waals surface area (Å²) in [6.07, 6.45) is 0.503. The Labute approximate surface area is 169 Å². The van der Waals surface area contributed by atoms with Crippen LogP contribution in [0.15, 0.2) is 57.0 Å². The Bertz CT molecular complexity index is 794. The highest BCUT2D eigenvalue weighted by Gasteiger charge is 2.13. The lowest BCUT2D eigenvalue weighted by atomic mass is 10.1. The largest absolute Gasteiger partial charge is 0.304 e. The maximum atomic E-state index is 12.5. The van der Waals surface area contributed by atoms with E-state index in [0.29, 0.717) is 17.9 Å². The van der Waals surface area contributed by atoms with Gasteiger partial charge in [-0.25, -0.2) is 4.21 Å². The van der Waals surface area contributed by atoms with Gasteiger partial charge >= 0.3 is 0 Å². The van der Waals surface area contributed by atoms with E-state index < -0.39 is 11.0 Å². The molecule has 0 aliphatic heterocycles. The molecule has 0 saturated heterocycles. The SMILES string of the molecule is CC(C)(C)NSc1ccccc1NS(=O)CCc1ccc(Br)cc1N=O. The zero-order valence-electron chi connectivity index (χ0n) is 14.9. The lowest BCUT2D eigenvalue weighted by molar-refractivity contribution is 0.535. The zero-order valence-corrected chi connectivity index (χ0v) is 18.1. The predicted molar refractivity (Wildman–Crippen MR) is 115 cm³/mol. The predicted octanol–water partition coefficient (Wildman–Crippen LogP) is 5.56. The van der Waals surface area contributed by atoms with E-state index in [-0.39, 0.29) is 5.54 Å². The van der Waals surface area contributed by atoms with E-state index in [2.05, 4.69) is 51.3 Å². The smallest absolute Gasteiger partial charge is 0.117 e. The van der Waals surface area contributed by atoms with Gasteiger partial charge in [-0.1, -0.05) is 34.1 Å². The van der Waals surface area contributed by atoms with E-state index in [1.165, 1.54) is 11.9 Å². The van der Waals surface area contributed by atoms with Crippen molar-refractivity contribution in [2.45, 2.75) is 37.6 Å². The van der Waals surface area contributed by atoms with Gasteiger partial charge in [0.2, 0.25) is 0 Å². The average Bonchev–Trinajstić information content (AvgIpc) is 2.59. The molecule has 26 heavy (non-hydrogen) atoms. The minimum Gasteiger partial charge on any atom is -0.304 e. The lowest BCUT2D eigenvalue weighted by Gasteiger charge is -2.20. The number of nitrogens with zero attached hydrogens (tertiary/aromatic N) is 1. The van der Waals surface area contributed by atoms with Gasteiger partial charge in [0.05, 0.1) is 5.69 Å². The van der Waals surface area contributed by atoms with Crippen molar-refractivity contribution in [3.05, 3.63) is 57.4 Å². The van der Waals surface area contributed by atoms with Crippen LogP contribution in [0.4, 0.5) is 11.4 Å². The molecule has 2 aromatic carbocycles. The van der Waals surface area contributed by atoms with Crippen LogP contribution in [0.3, 0.4) is 0 Å². The molecule has 2 rings (SSSR count). The van der Waals surface area contributed by atoms with Gasteiger partial charge in [0.1, 0.15) is 16.7 Å². The summed E-state index contributed by atoms with van der Waals surface area (Å²) in [5, 5.41) is 3.04. The molecule has 0 radical (unpaired) electrons. The van der Waals surface area contributed by atoms with Crippen LogP contribution in [0.2, 0.25) is 0 Å². The molecule has 1 unspecified atom stereocenters. The molecule has 5 nitrogen and oxygen atoms in total. The summed E-state index contributed by atoms with van der Waals surface area (Å²) in [4.78, 5) is 11.9. The molecule has 0 bridgehead atoms. The highest BCUT2D eigenvalue weighted by Crippen LogP contribution is 2.28. The van der Waals surface area contributed by atoms with Crippen molar-refractivity contribution in [3.8, 4) is 0 Å². The van der Waals surface area contributed by atoms with E-state index >= 15 is 0 Å². The number of halogens is 1. The Balaban J connectivity index is 1.99. The maximum Gasteiger partial charge on any atom is 0.117 e. The second kappa shape index (κ2) is 9.64. The van der Waals surface area contributed by atoms with Crippen molar-refractivity contribution in [2.75, 3.05) is 10.5 Å². The molecule has 2 N–H and O–H groups in total. The van der Waals surface area contributed by atoms with Gasteiger partial charge < -0.3 is 4.72 Å². The van der Waals surface area contributed by atoms with Crippen molar-refractivity contribution in [3.63, 3.8) is 0 Å². The van der Waals surface area contributed by atoms with Crippen molar-refractivity contribution in [1.29, 1.82) is 0 Å². The third kappa shape index (κ3) is 6.83. The van der Waals surface area contributed by atoms with Gasteiger partial charge in [0.15, 0.2) is 0 Å². The van der Waals surface area contributed by atoms with E-state index in [1.807, 2.05) is 36.4 Å². The Kier molecular flexibility index (Phi) is 7.82. The van der Waals surface area contributed by atoms with Crippen LogP contribution < -0.4 is 9.44 Å². The fourth-order valence-corrected chi connectivity index (χ4v) is 4.19. The molecule has 8 heteroatoms. The van der Waals surface area contributed by atoms with Gasteiger partial charge in [-0.15, -0.1) is 4.91 Å². The summed E-state index contributed by atoms with van der Waals surface area (Å²) < 4.78 is 19.7. The van der Waals surface area contributed by atoms with Crippen LogP contribution >= 0.6 is 27.9 Å². The third-order valence-electron chi connectivity index (χ3n) is 3.28. The van der Waals surface area contributed by atoms with Gasteiger partial charge in [0.25, 0.3) is 0 Å². The van der Waals surface area contributed by atoms with E-state index in [9.17, 15) is 9.12 Å². The zero-order chi connectivity index (χ0) is 19.2. The number of para-hydroxylation sites is 1. The molecule has 0 aliphatic rings. The van der Waals surface area contributed by atoms with Crippen LogP contribution in [0, 0.1) is 4.91 Å². The minimum absolute atomic E-state index is 0.0310. The first kappa shape index (κ1) is 21.1. The Morgan fingerprint density at radius 3 is 2.62 bits per heavy atom. The monoisotopic (exact) mass is 455 g/mol. The second-order valence-electron chi connectivity index (χ2n) is 6.72. The van der Waals surface area contributed by atoms with E-state index in [4.69, 9.17) is 0 Å². The first-order valence-electron chi connectivity index (χ1n) is 8.08. The molecule has 2 aromatic rings. The molecule has 0 spiro atoms. The molecule has 0 fully saturated rings. The Hall–Kier alpha value is -1.22. The van der Waals surface area contributed by atoms with Crippen molar-refractivity contribution >= 4 is 50.2 Å². The third-order valence-corrected chi connectivity index (χ3v) is 6.09. The quantitative estimate of drug-likeness (QED) is 0.403. The normalized spacial score (nSPS) is 12.6. The number of rotatable bonds is 8. The van der Waals surface area contributed by atoms with Crippen LogP contribution in [0.5, 0.6) is 0 Å². The van der Waals surface area contributed by atoms with Crippen molar-refractivity contribution < 1.29 is 4.21 Å². The summed E-state index contributed by atoms with van der Waals surface area (Å²) in [6.45, 7) is 6.27. The average molecular weight is 456 g/mol. The number of nitroso groups, excluding NO2 is 1. The van der Waals surface area contributed by atoms with E-state index in [0.717, 1.165) is 20.6 Å². The minimum atomic E-state index is -1.27. The molecule has 0 aromatic heterocycles. The maximum absolute atomic E-state index is 12.5. The Morgan fingerprint density at radius 2 is 1.92 bits per heavy atom. The van der Waals surface area contributed by atoms with Gasteiger partial charge in [-0.05, 0) is 74.1 Å². The number of benzene rings is 2. The summed E-state index contributed by atoms with van der Waals surface area (Å²) in [6, 6.07) is 13.1. The highest BCUT2D eigenvalue weighted by molar-refractivity contribution is 9.10. The highest BCUT2D eigenvalue weighted by atomic mass is 79.9. The fraction of sp³-hybridized carbons (Fsp3) is 0.333. The number of hydrogen-bond acceptors (Lipinski definition) is 5. The molecule has 0 aliphatic carbocycles. The molecular weight excluding hydrogens is 434 g/mol. The summed E-state index contributed by atoms with van der Waals surface area (Å²) in [5.74, 6) is 0.385. The number of anilines is 1. The van der Waals surface area contributed by atoms with Crippen molar-refractivity contribution in [2.24, 2.45) is 5.18 Å². The van der Waals surface area contributed by atoms with E-state index in [1.54, 1.807) is 6.07 Å². The van der Waals surface area contributed by atoms with Crippen LogP contribution in [-0.4, -0.2) is 15.5 Å². The van der Waals surface area contributed by atoms with Gasteiger partial charge in [-0.2, -0.15) is 0 Å². The van der Waals surface area contributed by atoms with Gasteiger partial charge in [-0.3, -0.25) is 4.72 Å². The molecular formula is C18H22BrN3O2S2. The number of nitrogens with one attached hydrogen (secondary N) is 2. The van der Waals surface area contributed by atoms with Crippen LogP contribution in [0.25, 0.3) is 0 Å². The Morgan fingerprint density at radius 1 is 1.19 bits per heavy atom. The topological polar surface area (TPSA) is 70.6 Å². The first-order chi connectivity index (χ1) is 12.3. The fourth-order valence-electron chi connectivity index (χ4n) is 2.06. The molecule has 140 valence electrons. The second-order valence-corrected chi connectivity index (χ2v) is 9.78. The van der Waals surface area contributed by atoms with Crippen LogP contribution in [0.1, 0.15) is 26.3 Å². The molecule has 0 saturated carbocycles. The number of hydrogen-bond donors (Lipinski definition) is 2. The van der Waals surface area contributed by atoms with Crippen molar-refractivity contribution in [1.82, 2.24) is 4.72 Å². The summed E-state index contributed by atoms with van der Waals surface area (Å²) in [7, 11) is -1.27. The standard InChI is InChI=1S/C18H22BrN3O2S2/c1-18(2,3)22-25-17-7-5-4-6-15(17)21-26(24)11-10-13-8-9-14(19)12-16(13)20-23/h4-9,12,21-22H,10-11H2,1-3H3.